The van der Waals surface area contributed by atoms with Gasteiger partial charge in [0.05, 0.1) is 5.56 Å². The van der Waals surface area contributed by atoms with Crippen LogP contribution in [-0.2, 0) is 18.1 Å². The molecule has 4 aromatic rings. The normalized spacial score (nSPS) is 11.3. The molecular formula is C24H20ClN3O2. The molecule has 4 rings (SSSR count). The molecule has 0 saturated carbocycles. The lowest BCUT2D eigenvalue weighted by Crippen LogP contribution is -2.14. The van der Waals surface area contributed by atoms with E-state index in [2.05, 4.69) is 10.1 Å². The Hall–Kier alpha value is -3.57. The van der Waals surface area contributed by atoms with Crippen molar-refractivity contribution in [3.63, 3.8) is 0 Å². The first-order valence-electron chi connectivity index (χ1n) is 9.48. The maximum atomic E-state index is 6.09. The van der Waals surface area contributed by atoms with E-state index >= 15 is 0 Å². The quantitative estimate of drug-likeness (QED) is 0.225. The predicted molar refractivity (Wildman–Crippen MR) is 118 cm³/mol. The van der Waals surface area contributed by atoms with Crippen LogP contribution >= 0.6 is 11.6 Å². The topological polar surface area (TPSA) is 48.6 Å². The molecule has 0 spiro atoms. The third-order valence-electron chi connectivity index (χ3n) is 4.41. The first kappa shape index (κ1) is 19.7. The van der Waals surface area contributed by atoms with Gasteiger partial charge in [0, 0.05) is 17.4 Å². The summed E-state index contributed by atoms with van der Waals surface area (Å²) in [6.07, 6.45) is 5.20. The van der Waals surface area contributed by atoms with Gasteiger partial charge < -0.3 is 9.57 Å². The molecule has 0 radical (unpaired) electrons. The smallest absolute Gasteiger partial charge is 0.188 e. The summed E-state index contributed by atoms with van der Waals surface area (Å²) >= 11 is 5.97. The highest BCUT2D eigenvalue weighted by Gasteiger charge is 2.13. The lowest BCUT2D eigenvalue weighted by Gasteiger charge is -2.14. The Morgan fingerprint density at radius 1 is 0.867 bits per heavy atom. The zero-order chi connectivity index (χ0) is 20.6. The number of ether oxygens (including phenoxy) is 1. The summed E-state index contributed by atoms with van der Waals surface area (Å²) in [4.78, 5) is 9.80. The van der Waals surface area contributed by atoms with Crippen LogP contribution in [0.5, 0.6) is 5.75 Å². The molecular weight excluding hydrogens is 398 g/mol. The van der Waals surface area contributed by atoms with Crippen LogP contribution in [0.2, 0.25) is 5.02 Å². The van der Waals surface area contributed by atoms with Crippen molar-refractivity contribution in [1.82, 2.24) is 9.55 Å². The van der Waals surface area contributed by atoms with E-state index in [4.69, 9.17) is 21.2 Å². The van der Waals surface area contributed by atoms with Crippen LogP contribution in [0.4, 0.5) is 0 Å². The van der Waals surface area contributed by atoms with E-state index < -0.39 is 0 Å². The van der Waals surface area contributed by atoms with Gasteiger partial charge in [-0.25, -0.2) is 4.98 Å². The third kappa shape index (κ3) is 5.07. The summed E-state index contributed by atoms with van der Waals surface area (Å²) in [7, 11) is 0. The van der Waals surface area contributed by atoms with Gasteiger partial charge in [-0.3, -0.25) is 4.57 Å². The number of oxime groups is 1. The molecule has 0 atom stereocenters. The summed E-state index contributed by atoms with van der Waals surface area (Å²) in [5.74, 6) is 1.29. The largest absolute Gasteiger partial charge is 0.488 e. The Bertz CT molecular complexity index is 1100. The highest BCUT2D eigenvalue weighted by atomic mass is 35.5. The molecule has 0 saturated heterocycles. The van der Waals surface area contributed by atoms with Crippen LogP contribution in [0.25, 0.3) is 0 Å². The predicted octanol–water partition coefficient (Wildman–Crippen LogP) is 5.54. The minimum absolute atomic E-state index is 0.368. The number of hydrogen-bond donors (Lipinski definition) is 0. The number of hydrogen-bond acceptors (Lipinski definition) is 4. The Kier molecular flexibility index (Phi) is 6.42. The fraction of sp³-hybridized carbons (Fsp3) is 0.0833. The van der Waals surface area contributed by atoms with E-state index in [0.717, 1.165) is 16.7 Å². The average molecular weight is 418 g/mol. The van der Waals surface area contributed by atoms with Gasteiger partial charge in [0.15, 0.2) is 5.84 Å². The summed E-state index contributed by atoms with van der Waals surface area (Å²) in [6.45, 7) is 0.781. The second-order valence-electron chi connectivity index (χ2n) is 6.56. The van der Waals surface area contributed by atoms with E-state index in [9.17, 15) is 0 Å². The Balaban J connectivity index is 1.57. The zero-order valence-electron chi connectivity index (χ0n) is 16.2. The van der Waals surface area contributed by atoms with E-state index in [1.165, 1.54) is 0 Å². The lowest BCUT2D eigenvalue weighted by atomic mass is 10.1. The van der Waals surface area contributed by atoms with E-state index in [1.807, 2.05) is 85.1 Å². The van der Waals surface area contributed by atoms with Crippen LogP contribution in [0.15, 0.2) is 103 Å². The molecule has 0 fully saturated rings. The molecule has 0 aliphatic carbocycles. The highest BCUT2D eigenvalue weighted by Crippen LogP contribution is 2.22. The van der Waals surface area contributed by atoms with Crippen LogP contribution < -0.4 is 4.74 Å². The van der Waals surface area contributed by atoms with Gasteiger partial charge in [0.25, 0.3) is 0 Å². The first-order chi connectivity index (χ1) is 14.8. The number of para-hydroxylation sites is 1. The first-order valence-corrected chi connectivity index (χ1v) is 9.86. The van der Waals surface area contributed by atoms with Gasteiger partial charge in [-0.1, -0.05) is 71.4 Å². The second kappa shape index (κ2) is 9.76. The fourth-order valence-corrected chi connectivity index (χ4v) is 3.01. The molecule has 5 nitrogen and oxygen atoms in total. The van der Waals surface area contributed by atoms with Gasteiger partial charge in [-0.15, -0.1) is 0 Å². The minimum Gasteiger partial charge on any atom is -0.488 e. The van der Waals surface area contributed by atoms with Crippen molar-refractivity contribution < 1.29 is 9.57 Å². The summed E-state index contributed by atoms with van der Waals surface area (Å²) in [6, 6.07) is 25.2. The monoisotopic (exact) mass is 417 g/mol. The van der Waals surface area contributed by atoms with Crippen LogP contribution in [0, 0.1) is 0 Å². The van der Waals surface area contributed by atoms with Crippen LogP contribution in [-0.4, -0.2) is 15.4 Å². The Morgan fingerprint density at radius 2 is 1.60 bits per heavy atom. The number of benzene rings is 3. The number of rotatable bonds is 7. The van der Waals surface area contributed by atoms with Crippen molar-refractivity contribution in [1.29, 1.82) is 0 Å². The minimum atomic E-state index is 0.368. The van der Waals surface area contributed by atoms with Gasteiger partial charge in [0.1, 0.15) is 25.3 Å². The molecule has 0 unspecified atom stereocenters. The van der Waals surface area contributed by atoms with Crippen molar-refractivity contribution in [2.75, 3.05) is 0 Å². The number of aromatic nitrogens is 2. The van der Waals surface area contributed by atoms with Gasteiger partial charge in [0.2, 0.25) is 0 Å². The van der Waals surface area contributed by atoms with Crippen molar-refractivity contribution in [3.05, 3.63) is 119 Å². The standard InChI is InChI=1S/C24H20ClN3O2/c25-21-12-10-20(11-13-21)16-29-23-9-5-4-8-22(23)24(28-15-14-26-18-28)27-30-17-19-6-2-1-3-7-19/h1-15,18H,16-17H2/b27-24-. The van der Waals surface area contributed by atoms with Gasteiger partial charge in [-0.2, -0.15) is 0 Å². The number of nitrogens with zero attached hydrogens (tertiary/aromatic N) is 3. The molecule has 150 valence electrons. The molecule has 1 aromatic heterocycles. The number of imidazole rings is 1. The molecule has 0 aliphatic rings. The molecule has 6 heteroatoms. The SMILES string of the molecule is Clc1ccc(COc2ccccc2/C(=N/OCc2ccccc2)n2ccnc2)cc1. The van der Waals surface area contributed by atoms with Gasteiger partial charge >= 0.3 is 0 Å². The van der Waals surface area contributed by atoms with E-state index in [-0.39, 0.29) is 0 Å². The molecule has 0 bridgehead atoms. The number of halogens is 1. The maximum absolute atomic E-state index is 6.09. The third-order valence-corrected chi connectivity index (χ3v) is 4.66. The molecule has 30 heavy (non-hydrogen) atoms. The summed E-state index contributed by atoms with van der Waals surface area (Å²) in [5, 5.41) is 5.10. The molecule has 0 aliphatic heterocycles. The van der Waals surface area contributed by atoms with Crippen molar-refractivity contribution >= 4 is 17.4 Å². The molecule has 3 aromatic carbocycles. The summed E-state index contributed by atoms with van der Waals surface area (Å²) in [5.41, 5.74) is 2.87. The average Bonchev–Trinajstić information content (AvgIpc) is 3.32. The van der Waals surface area contributed by atoms with E-state index in [1.54, 1.807) is 17.1 Å². The van der Waals surface area contributed by atoms with Crippen molar-refractivity contribution in [3.8, 4) is 5.75 Å². The van der Waals surface area contributed by atoms with Crippen molar-refractivity contribution in [2.24, 2.45) is 5.16 Å². The van der Waals surface area contributed by atoms with E-state index in [0.29, 0.717) is 29.8 Å². The highest BCUT2D eigenvalue weighted by molar-refractivity contribution is 6.30. The second-order valence-corrected chi connectivity index (χ2v) is 6.99. The fourth-order valence-electron chi connectivity index (χ4n) is 2.88. The Labute approximate surface area is 180 Å². The van der Waals surface area contributed by atoms with Crippen LogP contribution in [0.1, 0.15) is 16.7 Å². The molecule has 0 N–H and O–H groups in total. The molecule has 1 heterocycles. The summed E-state index contributed by atoms with van der Waals surface area (Å²) < 4.78 is 7.89. The van der Waals surface area contributed by atoms with Gasteiger partial charge in [-0.05, 0) is 35.4 Å². The van der Waals surface area contributed by atoms with Crippen molar-refractivity contribution in [2.45, 2.75) is 13.2 Å². The molecule has 0 amide bonds. The lowest BCUT2D eigenvalue weighted by molar-refractivity contribution is 0.129. The zero-order valence-corrected chi connectivity index (χ0v) is 16.9. The maximum Gasteiger partial charge on any atom is 0.188 e. The van der Waals surface area contributed by atoms with Crippen LogP contribution in [0.3, 0.4) is 0 Å². The Morgan fingerprint density at radius 3 is 2.37 bits per heavy atom.